The summed E-state index contributed by atoms with van der Waals surface area (Å²) in [4.78, 5) is 23.9. The van der Waals surface area contributed by atoms with E-state index in [2.05, 4.69) is 29.4 Å². The van der Waals surface area contributed by atoms with E-state index in [-0.39, 0.29) is 19.0 Å². The fourth-order valence-corrected chi connectivity index (χ4v) is 1.58. The van der Waals surface area contributed by atoms with Crippen LogP contribution in [-0.4, -0.2) is 65.9 Å². The molecule has 2 amide bonds. The van der Waals surface area contributed by atoms with Crippen LogP contribution in [0.3, 0.4) is 0 Å². The standard InChI is InChI=1S/C12H25N3O4/c1-3-8-15(4-2)9-7-14-12(19)13-6-5-10(16)11(17)18/h10,16H,3-9H2,1-2H3,(H,17,18)(H2,13,14,19)/t10-/m0/s1. The first-order valence-electron chi connectivity index (χ1n) is 6.66. The molecule has 7 heteroatoms. The van der Waals surface area contributed by atoms with Gasteiger partial charge in [-0.1, -0.05) is 13.8 Å². The molecule has 1 atom stereocenters. The lowest BCUT2D eigenvalue weighted by molar-refractivity contribution is -0.146. The molecule has 0 spiro atoms. The zero-order chi connectivity index (χ0) is 14.7. The fourth-order valence-electron chi connectivity index (χ4n) is 1.58. The average molecular weight is 275 g/mol. The zero-order valence-electron chi connectivity index (χ0n) is 11.7. The van der Waals surface area contributed by atoms with Crippen LogP contribution in [0.25, 0.3) is 0 Å². The molecule has 0 fully saturated rings. The van der Waals surface area contributed by atoms with Gasteiger partial charge in [-0.3, -0.25) is 0 Å². The zero-order valence-corrected chi connectivity index (χ0v) is 11.7. The number of nitrogens with zero attached hydrogens (tertiary/aromatic N) is 1. The second kappa shape index (κ2) is 10.6. The largest absolute Gasteiger partial charge is 0.479 e. The van der Waals surface area contributed by atoms with Crippen LogP contribution in [0, 0.1) is 0 Å². The maximum Gasteiger partial charge on any atom is 0.332 e. The molecule has 0 aliphatic rings. The lowest BCUT2D eigenvalue weighted by Gasteiger charge is -2.19. The van der Waals surface area contributed by atoms with Crippen molar-refractivity contribution in [2.75, 3.05) is 32.7 Å². The van der Waals surface area contributed by atoms with E-state index in [1.54, 1.807) is 0 Å². The van der Waals surface area contributed by atoms with Crippen LogP contribution in [0.4, 0.5) is 4.79 Å². The molecule has 0 aromatic heterocycles. The fraction of sp³-hybridized carbons (Fsp3) is 0.833. The number of urea groups is 1. The van der Waals surface area contributed by atoms with Gasteiger partial charge in [0, 0.05) is 26.1 Å². The van der Waals surface area contributed by atoms with E-state index in [1.807, 2.05) is 0 Å². The molecular weight excluding hydrogens is 250 g/mol. The molecule has 19 heavy (non-hydrogen) atoms. The third kappa shape index (κ3) is 9.26. The van der Waals surface area contributed by atoms with E-state index in [0.29, 0.717) is 6.54 Å². The number of rotatable bonds is 10. The highest BCUT2D eigenvalue weighted by Crippen LogP contribution is 1.90. The van der Waals surface area contributed by atoms with Gasteiger partial charge in [0.15, 0.2) is 6.10 Å². The van der Waals surface area contributed by atoms with Crippen molar-refractivity contribution in [2.45, 2.75) is 32.8 Å². The van der Waals surface area contributed by atoms with Gasteiger partial charge in [-0.25, -0.2) is 9.59 Å². The maximum atomic E-state index is 11.4. The predicted octanol–water partition coefficient (Wildman–Crippen LogP) is -0.147. The van der Waals surface area contributed by atoms with Gasteiger partial charge in [0.2, 0.25) is 0 Å². The summed E-state index contributed by atoms with van der Waals surface area (Å²) in [7, 11) is 0. The molecular formula is C12H25N3O4. The Kier molecular flexibility index (Phi) is 9.82. The third-order valence-corrected chi connectivity index (χ3v) is 2.69. The first kappa shape index (κ1) is 17.7. The molecule has 0 radical (unpaired) electrons. The molecule has 0 aliphatic carbocycles. The van der Waals surface area contributed by atoms with E-state index in [4.69, 9.17) is 10.2 Å². The van der Waals surface area contributed by atoms with Crippen molar-refractivity contribution in [1.82, 2.24) is 15.5 Å². The van der Waals surface area contributed by atoms with Gasteiger partial charge in [0.05, 0.1) is 0 Å². The number of carboxylic acid groups (broad SMARTS) is 1. The lowest BCUT2D eigenvalue weighted by Crippen LogP contribution is -2.41. The molecule has 0 unspecified atom stereocenters. The van der Waals surface area contributed by atoms with Gasteiger partial charge < -0.3 is 25.7 Å². The van der Waals surface area contributed by atoms with E-state index in [9.17, 15) is 9.59 Å². The van der Waals surface area contributed by atoms with Crippen LogP contribution in [0.5, 0.6) is 0 Å². The number of hydrogen-bond donors (Lipinski definition) is 4. The summed E-state index contributed by atoms with van der Waals surface area (Å²) in [6.45, 7) is 7.59. The quantitative estimate of drug-likeness (QED) is 0.444. The Hall–Kier alpha value is -1.34. The number of carbonyl (C=O) groups excluding carboxylic acids is 1. The number of aliphatic carboxylic acids is 1. The van der Waals surface area contributed by atoms with Crippen molar-refractivity contribution >= 4 is 12.0 Å². The van der Waals surface area contributed by atoms with E-state index >= 15 is 0 Å². The number of hydrogen-bond acceptors (Lipinski definition) is 4. The number of aliphatic hydroxyl groups is 1. The molecule has 112 valence electrons. The van der Waals surface area contributed by atoms with Crippen molar-refractivity contribution in [2.24, 2.45) is 0 Å². The Morgan fingerprint density at radius 3 is 2.32 bits per heavy atom. The molecule has 0 rings (SSSR count). The average Bonchev–Trinajstić information content (AvgIpc) is 2.37. The minimum atomic E-state index is -1.43. The number of aliphatic hydroxyl groups excluding tert-OH is 1. The second-order valence-corrected chi connectivity index (χ2v) is 4.26. The molecule has 0 aromatic carbocycles. The molecule has 0 heterocycles. The monoisotopic (exact) mass is 275 g/mol. The predicted molar refractivity (Wildman–Crippen MR) is 72.1 cm³/mol. The second-order valence-electron chi connectivity index (χ2n) is 4.26. The molecule has 0 saturated heterocycles. The van der Waals surface area contributed by atoms with Crippen LogP contribution in [-0.2, 0) is 4.79 Å². The summed E-state index contributed by atoms with van der Waals surface area (Å²) < 4.78 is 0. The first-order chi connectivity index (χ1) is 9.01. The van der Waals surface area contributed by atoms with Crippen LogP contribution in [0.2, 0.25) is 0 Å². The van der Waals surface area contributed by atoms with E-state index in [1.165, 1.54) is 0 Å². The van der Waals surface area contributed by atoms with Gasteiger partial charge in [-0.15, -0.1) is 0 Å². The van der Waals surface area contributed by atoms with Crippen molar-refractivity contribution in [1.29, 1.82) is 0 Å². The first-order valence-corrected chi connectivity index (χ1v) is 6.66. The molecule has 7 nitrogen and oxygen atoms in total. The molecule has 0 saturated carbocycles. The Morgan fingerprint density at radius 2 is 1.79 bits per heavy atom. The lowest BCUT2D eigenvalue weighted by atomic mass is 10.2. The third-order valence-electron chi connectivity index (χ3n) is 2.69. The van der Waals surface area contributed by atoms with Gasteiger partial charge >= 0.3 is 12.0 Å². The summed E-state index contributed by atoms with van der Waals surface area (Å²) >= 11 is 0. The van der Waals surface area contributed by atoms with Crippen molar-refractivity contribution in [3.63, 3.8) is 0 Å². The Morgan fingerprint density at radius 1 is 1.16 bits per heavy atom. The van der Waals surface area contributed by atoms with Crippen LogP contribution >= 0.6 is 0 Å². The summed E-state index contributed by atoms with van der Waals surface area (Å²) in [6, 6.07) is -0.342. The number of amides is 2. The van der Waals surface area contributed by atoms with E-state index < -0.39 is 12.1 Å². The van der Waals surface area contributed by atoms with E-state index in [0.717, 1.165) is 26.1 Å². The summed E-state index contributed by atoms with van der Waals surface area (Å²) in [6.07, 6.45) is -0.354. The number of likely N-dealkylation sites (N-methyl/N-ethyl adjacent to an activating group) is 1. The normalized spacial score (nSPS) is 12.2. The number of carboxylic acids is 1. The topological polar surface area (TPSA) is 102 Å². The highest BCUT2D eigenvalue weighted by molar-refractivity contribution is 5.74. The number of carbonyl (C=O) groups is 2. The van der Waals surface area contributed by atoms with Crippen molar-refractivity contribution < 1.29 is 19.8 Å². The molecule has 0 bridgehead atoms. The SMILES string of the molecule is CCCN(CC)CCNC(=O)NCC[C@H](O)C(=O)O. The highest BCUT2D eigenvalue weighted by Gasteiger charge is 2.12. The Labute approximate surface area is 114 Å². The Bertz CT molecular complexity index is 274. The summed E-state index contributed by atoms with van der Waals surface area (Å²) in [5.74, 6) is -1.28. The van der Waals surface area contributed by atoms with Gasteiger partial charge in [0.1, 0.15) is 0 Å². The minimum absolute atomic E-state index is 0.000324. The Balaban J connectivity index is 3.61. The maximum absolute atomic E-state index is 11.4. The molecule has 0 aromatic rings. The van der Waals surface area contributed by atoms with Crippen molar-refractivity contribution in [3.05, 3.63) is 0 Å². The van der Waals surface area contributed by atoms with Gasteiger partial charge in [-0.2, -0.15) is 0 Å². The minimum Gasteiger partial charge on any atom is -0.479 e. The number of nitrogens with one attached hydrogen (secondary N) is 2. The van der Waals surface area contributed by atoms with Crippen LogP contribution < -0.4 is 10.6 Å². The van der Waals surface area contributed by atoms with Gasteiger partial charge in [0.25, 0.3) is 0 Å². The van der Waals surface area contributed by atoms with Crippen LogP contribution in [0.15, 0.2) is 0 Å². The smallest absolute Gasteiger partial charge is 0.332 e. The van der Waals surface area contributed by atoms with Gasteiger partial charge in [-0.05, 0) is 19.5 Å². The molecule has 0 aliphatic heterocycles. The molecule has 4 N–H and O–H groups in total. The summed E-state index contributed by atoms with van der Waals surface area (Å²) in [5, 5.41) is 22.6. The van der Waals surface area contributed by atoms with Crippen LogP contribution in [0.1, 0.15) is 26.7 Å². The summed E-state index contributed by atoms with van der Waals surface area (Å²) in [5.41, 5.74) is 0. The van der Waals surface area contributed by atoms with Crippen molar-refractivity contribution in [3.8, 4) is 0 Å². The highest BCUT2D eigenvalue weighted by atomic mass is 16.4.